The van der Waals surface area contributed by atoms with E-state index in [1.165, 1.54) is 30.1 Å². The van der Waals surface area contributed by atoms with Crippen LogP contribution in [0.4, 0.5) is 0 Å². The number of hydrogen-bond acceptors (Lipinski definition) is 0. The second kappa shape index (κ2) is 5.39. The molecular formula is C9H19I. The molecule has 0 nitrogen and oxygen atoms in total. The van der Waals surface area contributed by atoms with Crippen molar-refractivity contribution in [1.29, 1.82) is 0 Å². The first-order valence-electron chi connectivity index (χ1n) is 4.18. The van der Waals surface area contributed by atoms with Gasteiger partial charge in [-0.1, -0.05) is 62.6 Å². The first-order chi connectivity index (χ1) is 4.62. The monoisotopic (exact) mass is 254 g/mol. The van der Waals surface area contributed by atoms with Gasteiger partial charge in [-0.3, -0.25) is 0 Å². The summed E-state index contributed by atoms with van der Waals surface area (Å²) in [7, 11) is 0. The van der Waals surface area contributed by atoms with Gasteiger partial charge in [-0.05, 0) is 11.8 Å². The Balaban J connectivity index is 3.28. The van der Waals surface area contributed by atoms with Crippen LogP contribution in [0.25, 0.3) is 0 Å². The maximum Gasteiger partial charge on any atom is 0.00467 e. The molecule has 10 heavy (non-hydrogen) atoms. The molecule has 0 N–H and O–H groups in total. The molecule has 0 aromatic heterocycles. The first kappa shape index (κ1) is 10.7. The number of rotatable bonds is 5. The van der Waals surface area contributed by atoms with E-state index in [1.807, 2.05) is 0 Å². The van der Waals surface area contributed by atoms with Crippen molar-refractivity contribution >= 4 is 22.6 Å². The molecular weight excluding hydrogens is 235 g/mol. The van der Waals surface area contributed by atoms with Crippen LogP contribution in [-0.2, 0) is 0 Å². The van der Waals surface area contributed by atoms with Crippen molar-refractivity contribution in [2.45, 2.75) is 46.5 Å². The molecule has 0 aliphatic rings. The highest BCUT2D eigenvalue weighted by molar-refractivity contribution is 14.1. The summed E-state index contributed by atoms with van der Waals surface area (Å²) in [5.74, 6) is 0. The Morgan fingerprint density at radius 3 is 2.20 bits per heavy atom. The Bertz CT molecular complexity index is 76.8. The lowest BCUT2D eigenvalue weighted by Gasteiger charge is -2.20. The Morgan fingerprint density at radius 1 is 1.20 bits per heavy atom. The summed E-state index contributed by atoms with van der Waals surface area (Å²) in [6.45, 7) is 6.97. The highest BCUT2D eigenvalue weighted by Gasteiger charge is 2.14. The lowest BCUT2D eigenvalue weighted by molar-refractivity contribution is 0.374. The van der Waals surface area contributed by atoms with Gasteiger partial charge < -0.3 is 0 Å². The molecule has 62 valence electrons. The van der Waals surface area contributed by atoms with Gasteiger partial charge in [0.1, 0.15) is 0 Å². The van der Waals surface area contributed by atoms with Gasteiger partial charge in [-0.25, -0.2) is 0 Å². The summed E-state index contributed by atoms with van der Waals surface area (Å²) in [6, 6.07) is 0. The number of unbranched alkanes of at least 4 members (excludes halogenated alkanes) is 2. The summed E-state index contributed by atoms with van der Waals surface area (Å²) in [4.78, 5) is 0. The molecule has 0 spiro atoms. The van der Waals surface area contributed by atoms with Crippen LogP contribution in [0.2, 0.25) is 0 Å². The second-order valence-electron chi connectivity index (χ2n) is 3.75. The highest BCUT2D eigenvalue weighted by atomic mass is 127. The summed E-state index contributed by atoms with van der Waals surface area (Å²) in [5, 5.41) is 0. The van der Waals surface area contributed by atoms with Crippen molar-refractivity contribution in [3.05, 3.63) is 0 Å². The van der Waals surface area contributed by atoms with E-state index in [0.29, 0.717) is 5.41 Å². The number of halogens is 1. The summed E-state index contributed by atoms with van der Waals surface area (Å²) >= 11 is 2.48. The van der Waals surface area contributed by atoms with E-state index in [0.717, 1.165) is 0 Å². The lowest BCUT2D eigenvalue weighted by atomic mass is 9.89. The Hall–Kier alpha value is 0.730. The van der Waals surface area contributed by atoms with Crippen molar-refractivity contribution in [3.8, 4) is 0 Å². The number of hydrogen-bond donors (Lipinski definition) is 0. The second-order valence-corrected chi connectivity index (χ2v) is 4.52. The lowest BCUT2D eigenvalue weighted by Crippen LogP contribution is -2.12. The van der Waals surface area contributed by atoms with Crippen molar-refractivity contribution in [3.63, 3.8) is 0 Å². The molecule has 0 bridgehead atoms. The summed E-state index contributed by atoms with van der Waals surface area (Å²) < 4.78 is 1.29. The predicted molar refractivity (Wildman–Crippen MR) is 56.8 cm³/mol. The van der Waals surface area contributed by atoms with Gasteiger partial charge in [-0.15, -0.1) is 0 Å². The topological polar surface area (TPSA) is 0 Å². The van der Waals surface area contributed by atoms with Crippen molar-refractivity contribution in [2.24, 2.45) is 5.41 Å². The average Bonchev–Trinajstić information content (AvgIpc) is 1.89. The summed E-state index contributed by atoms with van der Waals surface area (Å²) in [5.41, 5.74) is 0.579. The molecule has 0 atom stereocenters. The summed E-state index contributed by atoms with van der Waals surface area (Å²) in [6.07, 6.45) is 5.55. The van der Waals surface area contributed by atoms with Gasteiger partial charge in [0.25, 0.3) is 0 Å². The fraction of sp³-hybridized carbons (Fsp3) is 1.00. The van der Waals surface area contributed by atoms with Gasteiger partial charge in [0.05, 0.1) is 0 Å². The largest absolute Gasteiger partial charge is 0.0858 e. The molecule has 0 radical (unpaired) electrons. The minimum Gasteiger partial charge on any atom is -0.0858 e. The van der Waals surface area contributed by atoms with E-state index in [9.17, 15) is 0 Å². The zero-order valence-electron chi connectivity index (χ0n) is 7.41. The van der Waals surface area contributed by atoms with Crippen LogP contribution < -0.4 is 0 Å². The molecule has 0 saturated carbocycles. The van der Waals surface area contributed by atoms with E-state index in [4.69, 9.17) is 0 Å². The molecule has 1 heteroatoms. The smallest absolute Gasteiger partial charge is 0.00467 e. The van der Waals surface area contributed by atoms with E-state index < -0.39 is 0 Å². The van der Waals surface area contributed by atoms with Gasteiger partial charge in [0.15, 0.2) is 0 Å². The van der Waals surface area contributed by atoms with Crippen LogP contribution in [0.1, 0.15) is 46.5 Å². The SMILES string of the molecule is CCCCCC(C)(C)CI. The zero-order valence-corrected chi connectivity index (χ0v) is 9.57. The van der Waals surface area contributed by atoms with Crippen molar-refractivity contribution in [1.82, 2.24) is 0 Å². The van der Waals surface area contributed by atoms with Gasteiger partial charge in [0, 0.05) is 4.43 Å². The molecule has 0 saturated heterocycles. The molecule has 0 aliphatic heterocycles. The maximum absolute atomic E-state index is 2.48. The third kappa shape index (κ3) is 5.51. The molecule has 0 fully saturated rings. The number of alkyl halides is 1. The van der Waals surface area contributed by atoms with E-state index in [-0.39, 0.29) is 0 Å². The van der Waals surface area contributed by atoms with Crippen LogP contribution >= 0.6 is 22.6 Å². The molecule has 0 amide bonds. The minimum atomic E-state index is 0.579. The Kier molecular flexibility index (Phi) is 5.78. The quantitative estimate of drug-likeness (QED) is 0.395. The molecule has 0 unspecified atom stereocenters. The fourth-order valence-electron chi connectivity index (χ4n) is 0.920. The van der Waals surface area contributed by atoms with Crippen LogP contribution in [0.5, 0.6) is 0 Å². The van der Waals surface area contributed by atoms with Gasteiger partial charge >= 0.3 is 0 Å². The maximum atomic E-state index is 2.48. The van der Waals surface area contributed by atoms with Gasteiger partial charge in [0.2, 0.25) is 0 Å². The van der Waals surface area contributed by atoms with E-state index >= 15 is 0 Å². The molecule has 0 aromatic carbocycles. The van der Waals surface area contributed by atoms with Gasteiger partial charge in [-0.2, -0.15) is 0 Å². The third-order valence-corrected chi connectivity index (χ3v) is 3.88. The Labute approximate surface area is 78.9 Å². The molecule has 0 heterocycles. The predicted octanol–water partition coefficient (Wildman–Crippen LogP) is 4.03. The van der Waals surface area contributed by atoms with Crippen LogP contribution in [-0.4, -0.2) is 4.43 Å². The van der Waals surface area contributed by atoms with E-state index in [2.05, 4.69) is 43.4 Å². The molecule has 0 aromatic rings. The van der Waals surface area contributed by atoms with Crippen LogP contribution in [0, 0.1) is 5.41 Å². The molecule has 0 rings (SSSR count). The first-order valence-corrected chi connectivity index (χ1v) is 5.71. The highest BCUT2D eigenvalue weighted by Crippen LogP contribution is 2.25. The van der Waals surface area contributed by atoms with Crippen molar-refractivity contribution in [2.75, 3.05) is 4.43 Å². The normalized spacial score (nSPS) is 12.0. The zero-order chi connectivity index (χ0) is 8.04. The molecule has 0 aliphatic carbocycles. The van der Waals surface area contributed by atoms with Crippen LogP contribution in [0.15, 0.2) is 0 Å². The minimum absolute atomic E-state index is 0.579. The average molecular weight is 254 g/mol. The Morgan fingerprint density at radius 2 is 1.80 bits per heavy atom. The third-order valence-electron chi connectivity index (χ3n) is 1.82. The van der Waals surface area contributed by atoms with E-state index in [1.54, 1.807) is 0 Å². The van der Waals surface area contributed by atoms with Crippen molar-refractivity contribution < 1.29 is 0 Å². The van der Waals surface area contributed by atoms with Crippen LogP contribution in [0.3, 0.4) is 0 Å². The standard InChI is InChI=1S/C9H19I/c1-4-5-6-7-9(2,3)8-10/h4-8H2,1-3H3. The fourth-order valence-corrected chi connectivity index (χ4v) is 1.30.